The predicted octanol–water partition coefficient (Wildman–Crippen LogP) is 3.57. The van der Waals surface area contributed by atoms with E-state index in [-0.39, 0.29) is 23.7 Å². The Hall–Kier alpha value is -3.14. The minimum absolute atomic E-state index is 0.0171. The van der Waals surface area contributed by atoms with Gasteiger partial charge in [0.05, 0.1) is 6.61 Å². The molecule has 0 saturated heterocycles. The first-order chi connectivity index (χ1) is 11.5. The quantitative estimate of drug-likeness (QED) is 0.849. The van der Waals surface area contributed by atoms with Gasteiger partial charge in [-0.25, -0.2) is 0 Å². The fourth-order valence-electron chi connectivity index (χ4n) is 2.27. The molecule has 2 aromatic rings. The van der Waals surface area contributed by atoms with Crippen LogP contribution in [-0.2, 0) is 6.54 Å². The van der Waals surface area contributed by atoms with Gasteiger partial charge < -0.3 is 9.84 Å². The average Bonchev–Trinajstić information content (AvgIpc) is 2.57. The van der Waals surface area contributed by atoms with Gasteiger partial charge >= 0.3 is 0 Å². The van der Waals surface area contributed by atoms with E-state index < -0.39 is 5.56 Å². The zero-order valence-electron chi connectivity index (χ0n) is 13.8. The molecule has 1 N–H and O–H groups in total. The number of nitriles is 1. The van der Waals surface area contributed by atoms with Gasteiger partial charge in [-0.1, -0.05) is 12.1 Å². The number of aromatic hydroxyl groups is 1. The second-order valence-electron chi connectivity index (χ2n) is 4.93. The molecule has 1 heterocycles. The van der Waals surface area contributed by atoms with Gasteiger partial charge in [0.25, 0.3) is 5.56 Å². The third-order valence-corrected chi connectivity index (χ3v) is 3.51. The molecule has 24 heavy (non-hydrogen) atoms. The highest BCUT2D eigenvalue weighted by atomic mass is 16.5. The molecule has 0 saturated carbocycles. The fourth-order valence-corrected chi connectivity index (χ4v) is 2.27. The van der Waals surface area contributed by atoms with Crippen LogP contribution in [0.5, 0.6) is 11.6 Å². The molecule has 2 rings (SSSR count). The number of rotatable bonds is 5. The lowest BCUT2D eigenvalue weighted by Crippen LogP contribution is -2.20. The van der Waals surface area contributed by atoms with E-state index in [0.29, 0.717) is 23.6 Å². The van der Waals surface area contributed by atoms with Crippen molar-refractivity contribution in [2.45, 2.75) is 27.3 Å². The van der Waals surface area contributed by atoms with Crippen LogP contribution in [0.2, 0.25) is 0 Å². The van der Waals surface area contributed by atoms with E-state index in [0.717, 1.165) is 4.57 Å². The number of hydrogen-bond acceptors (Lipinski definition) is 6. The molecule has 0 fully saturated rings. The molecule has 0 aliphatic rings. The third kappa shape index (κ3) is 3.13. The second kappa shape index (κ2) is 7.42. The van der Waals surface area contributed by atoms with Gasteiger partial charge in [0, 0.05) is 12.1 Å². The van der Waals surface area contributed by atoms with Crippen LogP contribution in [0.25, 0.3) is 0 Å². The van der Waals surface area contributed by atoms with Crippen LogP contribution in [0.4, 0.5) is 11.4 Å². The molecule has 7 heteroatoms. The van der Waals surface area contributed by atoms with Crippen molar-refractivity contribution in [3.05, 3.63) is 45.7 Å². The maximum Gasteiger partial charge on any atom is 0.281 e. The number of azo groups is 1. The summed E-state index contributed by atoms with van der Waals surface area (Å²) in [6.45, 7) is 5.81. The SMILES string of the molecule is CCOc1ccccc1N=Nc1c(C)c(C#N)c(O)n(CC)c1=O. The second-order valence-corrected chi connectivity index (χ2v) is 4.93. The topological polar surface area (TPSA) is 100.0 Å². The first-order valence-electron chi connectivity index (χ1n) is 7.55. The Morgan fingerprint density at radius 2 is 2.00 bits per heavy atom. The Morgan fingerprint density at radius 3 is 2.62 bits per heavy atom. The molecule has 1 aromatic heterocycles. The Kier molecular flexibility index (Phi) is 5.32. The summed E-state index contributed by atoms with van der Waals surface area (Å²) in [5, 5.41) is 27.4. The Labute approximate surface area is 139 Å². The van der Waals surface area contributed by atoms with Crippen molar-refractivity contribution in [1.82, 2.24) is 4.57 Å². The van der Waals surface area contributed by atoms with Crippen molar-refractivity contribution in [3.8, 4) is 17.7 Å². The highest BCUT2D eigenvalue weighted by Gasteiger charge is 2.18. The van der Waals surface area contributed by atoms with Crippen LogP contribution in [0.1, 0.15) is 25.0 Å². The highest BCUT2D eigenvalue weighted by Crippen LogP contribution is 2.30. The summed E-state index contributed by atoms with van der Waals surface area (Å²) >= 11 is 0. The van der Waals surface area contributed by atoms with E-state index in [9.17, 15) is 15.2 Å². The molecular weight excluding hydrogens is 308 g/mol. The highest BCUT2D eigenvalue weighted by molar-refractivity contribution is 5.57. The van der Waals surface area contributed by atoms with E-state index in [1.165, 1.54) is 0 Å². The van der Waals surface area contributed by atoms with Crippen molar-refractivity contribution in [1.29, 1.82) is 5.26 Å². The number of nitrogens with zero attached hydrogens (tertiary/aromatic N) is 4. The van der Waals surface area contributed by atoms with E-state index >= 15 is 0 Å². The van der Waals surface area contributed by atoms with Crippen LogP contribution in [0.3, 0.4) is 0 Å². The maximum atomic E-state index is 12.5. The monoisotopic (exact) mass is 326 g/mol. The summed E-state index contributed by atoms with van der Waals surface area (Å²) in [5.41, 5.74) is 0.320. The Bertz CT molecular complexity index is 879. The van der Waals surface area contributed by atoms with E-state index in [1.807, 2.05) is 19.1 Å². The molecule has 0 aliphatic carbocycles. The van der Waals surface area contributed by atoms with Gasteiger partial charge in [-0.15, -0.1) is 10.2 Å². The summed E-state index contributed by atoms with van der Waals surface area (Å²) in [5.74, 6) is 0.202. The molecule has 7 nitrogen and oxygen atoms in total. The van der Waals surface area contributed by atoms with Gasteiger partial charge in [-0.05, 0) is 32.9 Å². The lowest BCUT2D eigenvalue weighted by Gasteiger charge is -2.11. The standard InChI is InChI=1S/C17H18N4O3/c1-4-21-16(22)12(10-18)11(3)15(17(21)23)20-19-13-8-6-7-9-14(13)24-5-2/h6-9,22H,4-5H2,1-3H3. The van der Waals surface area contributed by atoms with Crippen LogP contribution in [0, 0.1) is 18.3 Å². The molecule has 124 valence electrons. The average molecular weight is 326 g/mol. The zero-order chi connectivity index (χ0) is 17.7. The van der Waals surface area contributed by atoms with E-state index in [1.54, 1.807) is 32.0 Å². The number of ether oxygens (including phenoxy) is 1. The van der Waals surface area contributed by atoms with Crippen LogP contribution in [-0.4, -0.2) is 16.3 Å². The fraction of sp³-hybridized carbons (Fsp3) is 0.294. The molecule has 0 atom stereocenters. The Morgan fingerprint density at radius 1 is 1.29 bits per heavy atom. The lowest BCUT2D eigenvalue weighted by atomic mass is 10.1. The molecule has 0 amide bonds. The molecule has 1 aromatic carbocycles. The molecular formula is C17H18N4O3. The molecule has 0 aliphatic heterocycles. The van der Waals surface area contributed by atoms with E-state index in [4.69, 9.17) is 4.74 Å². The summed E-state index contributed by atoms with van der Waals surface area (Å²) in [6.07, 6.45) is 0. The normalized spacial score (nSPS) is 10.8. The first kappa shape index (κ1) is 17.2. The van der Waals surface area contributed by atoms with Gasteiger partial charge in [0.2, 0.25) is 5.88 Å². The zero-order valence-corrected chi connectivity index (χ0v) is 13.8. The summed E-state index contributed by atoms with van der Waals surface area (Å²) < 4.78 is 6.56. The van der Waals surface area contributed by atoms with Crippen LogP contribution in [0.15, 0.2) is 39.3 Å². The van der Waals surface area contributed by atoms with Crippen molar-refractivity contribution in [2.75, 3.05) is 6.61 Å². The molecule has 0 bridgehead atoms. The van der Waals surface area contributed by atoms with E-state index in [2.05, 4.69) is 10.2 Å². The maximum absolute atomic E-state index is 12.5. The lowest BCUT2D eigenvalue weighted by molar-refractivity contribution is 0.341. The van der Waals surface area contributed by atoms with Crippen molar-refractivity contribution >= 4 is 11.4 Å². The number of aromatic nitrogens is 1. The van der Waals surface area contributed by atoms with Crippen LogP contribution >= 0.6 is 0 Å². The van der Waals surface area contributed by atoms with Gasteiger partial charge in [0.15, 0.2) is 5.69 Å². The third-order valence-electron chi connectivity index (χ3n) is 3.51. The number of hydrogen-bond donors (Lipinski definition) is 1. The Balaban J connectivity index is 2.59. The first-order valence-corrected chi connectivity index (χ1v) is 7.55. The van der Waals surface area contributed by atoms with Gasteiger partial charge in [0.1, 0.15) is 23.1 Å². The molecule has 0 unspecified atom stereocenters. The van der Waals surface area contributed by atoms with Gasteiger partial charge in [-0.3, -0.25) is 9.36 Å². The summed E-state index contributed by atoms with van der Waals surface area (Å²) in [7, 11) is 0. The number of benzene rings is 1. The van der Waals surface area contributed by atoms with Crippen LogP contribution < -0.4 is 10.3 Å². The summed E-state index contributed by atoms with van der Waals surface area (Å²) in [4.78, 5) is 12.5. The molecule has 0 radical (unpaired) electrons. The van der Waals surface area contributed by atoms with Crippen molar-refractivity contribution < 1.29 is 9.84 Å². The summed E-state index contributed by atoms with van der Waals surface area (Å²) in [6, 6.07) is 8.97. The van der Waals surface area contributed by atoms with Crippen molar-refractivity contribution in [2.24, 2.45) is 10.2 Å². The minimum atomic E-state index is -0.496. The number of para-hydroxylation sites is 1. The predicted molar refractivity (Wildman–Crippen MR) is 89.3 cm³/mol. The minimum Gasteiger partial charge on any atom is -0.493 e. The number of pyridine rings is 1. The molecule has 0 spiro atoms. The largest absolute Gasteiger partial charge is 0.493 e. The van der Waals surface area contributed by atoms with Crippen molar-refractivity contribution in [3.63, 3.8) is 0 Å². The van der Waals surface area contributed by atoms with Gasteiger partial charge in [-0.2, -0.15) is 5.26 Å². The smallest absolute Gasteiger partial charge is 0.281 e.